The summed E-state index contributed by atoms with van der Waals surface area (Å²) in [6.45, 7) is 7.37. The Morgan fingerprint density at radius 2 is 1.79 bits per heavy atom. The van der Waals surface area contributed by atoms with E-state index in [0.29, 0.717) is 43.5 Å². The van der Waals surface area contributed by atoms with Gasteiger partial charge in [-0.25, -0.2) is 0 Å². The van der Waals surface area contributed by atoms with Gasteiger partial charge in [0, 0.05) is 57.2 Å². The van der Waals surface area contributed by atoms with E-state index in [-0.39, 0.29) is 48.6 Å². The lowest BCUT2D eigenvalue weighted by Gasteiger charge is -2.41. The van der Waals surface area contributed by atoms with E-state index in [2.05, 4.69) is 34.7 Å². The number of hydrogen-bond acceptors (Lipinski definition) is 5. The maximum atomic E-state index is 13.0. The van der Waals surface area contributed by atoms with Crippen LogP contribution < -0.4 is 16.0 Å². The van der Waals surface area contributed by atoms with E-state index < -0.39 is 0 Å². The van der Waals surface area contributed by atoms with Gasteiger partial charge in [-0.3, -0.25) is 19.2 Å². The molecular weight excluding hydrogens is 482 g/mol. The maximum Gasteiger partial charge on any atom is 0.251 e. The lowest BCUT2D eigenvalue weighted by atomic mass is 9.80. The van der Waals surface area contributed by atoms with Crippen molar-refractivity contribution in [3.8, 4) is 0 Å². The number of fused-ring (bicyclic) bond motifs is 1. The molecule has 2 fully saturated rings. The van der Waals surface area contributed by atoms with E-state index in [1.807, 2.05) is 18.2 Å². The van der Waals surface area contributed by atoms with Crippen molar-refractivity contribution >= 4 is 23.6 Å². The van der Waals surface area contributed by atoms with Crippen LogP contribution in [0.3, 0.4) is 0 Å². The topological polar surface area (TPSA) is 111 Å². The van der Waals surface area contributed by atoms with E-state index >= 15 is 0 Å². The van der Waals surface area contributed by atoms with Crippen molar-refractivity contribution in [2.75, 3.05) is 39.8 Å². The summed E-state index contributed by atoms with van der Waals surface area (Å²) in [4.78, 5) is 54.7. The summed E-state index contributed by atoms with van der Waals surface area (Å²) in [5.41, 5.74) is 0.623. The summed E-state index contributed by atoms with van der Waals surface area (Å²) in [7, 11) is 1.68. The third kappa shape index (κ3) is 9.42. The largest absolute Gasteiger partial charge is 0.356 e. The second kappa shape index (κ2) is 14.9. The highest BCUT2D eigenvalue weighted by Gasteiger charge is 2.32. The average Bonchev–Trinajstić information content (AvgIpc) is 2.88. The summed E-state index contributed by atoms with van der Waals surface area (Å²) in [6, 6.07) is 9.20. The van der Waals surface area contributed by atoms with E-state index in [4.69, 9.17) is 0 Å². The van der Waals surface area contributed by atoms with Crippen LogP contribution in [0.4, 0.5) is 0 Å². The van der Waals surface area contributed by atoms with Crippen LogP contribution in [0.5, 0.6) is 0 Å². The molecular formula is C29H45N5O4. The molecule has 2 heterocycles. The summed E-state index contributed by atoms with van der Waals surface area (Å²) in [5, 5.41) is 8.93. The molecule has 3 N–H and O–H groups in total. The molecule has 0 bridgehead atoms. The van der Waals surface area contributed by atoms with Crippen LogP contribution in [0.15, 0.2) is 30.3 Å². The fourth-order valence-corrected chi connectivity index (χ4v) is 5.46. The van der Waals surface area contributed by atoms with Gasteiger partial charge in [0.2, 0.25) is 17.7 Å². The van der Waals surface area contributed by atoms with Crippen molar-refractivity contribution < 1.29 is 19.2 Å². The number of likely N-dealkylation sites (N-methyl/N-ethyl adjacent to an activating group) is 1. The standard InChI is InChI=1S/C29H45N5O4/c1-21(2)34-16-13-23-17-28(37)33(3)20-27(36)32-25(18-26(35)30-15-12-24(23)19-34)11-7-8-14-31-29(38)22-9-5-4-6-10-22/h4-6,9-10,21,23-25H,7-8,11-20H2,1-3H3,(H,30,35)(H,31,38)(H,32,36)/t23-,24-,25-/m0/s1. The molecule has 0 radical (unpaired) electrons. The molecule has 3 atom stereocenters. The molecule has 0 saturated carbocycles. The third-order valence-corrected chi connectivity index (χ3v) is 7.83. The molecule has 2 aliphatic heterocycles. The Kier molecular flexibility index (Phi) is 11.6. The minimum absolute atomic E-state index is 0.0000467. The van der Waals surface area contributed by atoms with Crippen molar-refractivity contribution in [3.05, 3.63) is 35.9 Å². The number of carbonyl (C=O) groups excluding carboxylic acids is 4. The van der Waals surface area contributed by atoms with Gasteiger partial charge in [-0.1, -0.05) is 18.2 Å². The minimum Gasteiger partial charge on any atom is -0.356 e. The van der Waals surface area contributed by atoms with Gasteiger partial charge in [-0.2, -0.15) is 0 Å². The van der Waals surface area contributed by atoms with Gasteiger partial charge in [-0.05, 0) is 76.5 Å². The Labute approximate surface area is 227 Å². The molecule has 9 nitrogen and oxygen atoms in total. The molecule has 0 unspecified atom stereocenters. The zero-order valence-corrected chi connectivity index (χ0v) is 23.2. The van der Waals surface area contributed by atoms with Gasteiger partial charge in [0.25, 0.3) is 5.91 Å². The predicted molar refractivity (Wildman–Crippen MR) is 147 cm³/mol. The number of piperidine rings is 1. The van der Waals surface area contributed by atoms with Crippen LogP contribution >= 0.6 is 0 Å². The molecule has 2 aliphatic rings. The highest BCUT2D eigenvalue weighted by atomic mass is 16.2. The van der Waals surface area contributed by atoms with E-state index in [0.717, 1.165) is 38.8 Å². The number of nitrogens with zero attached hydrogens (tertiary/aromatic N) is 2. The smallest absolute Gasteiger partial charge is 0.251 e. The second-order valence-electron chi connectivity index (χ2n) is 11.1. The monoisotopic (exact) mass is 527 g/mol. The molecule has 1 aromatic rings. The van der Waals surface area contributed by atoms with Crippen LogP contribution in [0.25, 0.3) is 0 Å². The molecule has 0 spiro atoms. The molecule has 2 saturated heterocycles. The second-order valence-corrected chi connectivity index (χ2v) is 11.1. The Morgan fingerprint density at radius 3 is 2.53 bits per heavy atom. The Morgan fingerprint density at radius 1 is 1.03 bits per heavy atom. The van der Waals surface area contributed by atoms with Crippen molar-refractivity contribution in [1.82, 2.24) is 25.8 Å². The lowest BCUT2D eigenvalue weighted by molar-refractivity contribution is -0.136. The molecule has 4 amide bonds. The summed E-state index contributed by atoms with van der Waals surface area (Å²) >= 11 is 0. The summed E-state index contributed by atoms with van der Waals surface area (Å²) in [5.74, 6) is 0.169. The third-order valence-electron chi connectivity index (χ3n) is 7.83. The van der Waals surface area contributed by atoms with Crippen LogP contribution in [0, 0.1) is 11.8 Å². The van der Waals surface area contributed by atoms with E-state index in [9.17, 15) is 19.2 Å². The van der Waals surface area contributed by atoms with Crippen LogP contribution in [-0.4, -0.2) is 85.3 Å². The fourth-order valence-electron chi connectivity index (χ4n) is 5.46. The number of amides is 4. The van der Waals surface area contributed by atoms with Gasteiger partial charge in [-0.15, -0.1) is 0 Å². The van der Waals surface area contributed by atoms with Crippen LogP contribution in [0.1, 0.15) is 69.2 Å². The van der Waals surface area contributed by atoms with Gasteiger partial charge in [0.1, 0.15) is 0 Å². The Hall–Kier alpha value is -2.94. The minimum atomic E-state index is -0.322. The molecule has 38 heavy (non-hydrogen) atoms. The molecule has 3 rings (SSSR count). The molecule has 0 aromatic heterocycles. The molecule has 9 heteroatoms. The number of unbranched alkanes of at least 4 members (excludes halogenated alkanes) is 1. The van der Waals surface area contributed by atoms with Crippen LogP contribution in [0.2, 0.25) is 0 Å². The number of nitrogens with one attached hydrogen (secondary N) is 3. The SMILES string of the molecule is CC(C)N1CC[C@H]2CC(=O)N(C)CC(=O)N[C@@H](CCCCNC(=O)c3ccccc3)CC(=O)NCC[C@H]2C1. The number of benzene rings is 1. The van der Waals surface area contributed by atoms with E-state index in [1.54, 1.807) is 19.2 Å². The van der Waals surface area contributed by atoms with Gasteiger partial charge in [0.05, 0.1) is 6.54 Å². The first-order valence-electron chi connectivity index (χ1n) is 14.1. The summed E-state index contributed by atoms with van der Waals surface area (Å²) in [6.07, 6.45) is 4.53. The number of hydrogen-bond donors (Lipinski definition) is 3. The Bertz CT molecular complexity index is 938. The van der Waals surface area contributed by atoms with Crippen molar-refractivity contribution in [3.63, 3.8) is 0 Å². The molecule has 0 aliphatic carbocycles. The average molecular weight is 528 g/mol. The van der Waals surface area contributed by atoms with Crippen molar-refractivity contribution in [1.29, 1.82) is 0 Å². The quantitative estimate of drug-likeness (QED) is 0.471. The number of rotatable bonds is 7. The zero-order chi connectivity index (χ0) is 27.5. The normalized spacial score (nSPS) is 24.3. The van der Waals surface area contributed by atoms with Crippen molar-refractivity contribution in [2.45, 2.75) is 70.9 Å². The van der Waals surface area contributed by atoms with Crippen LogP contribution in [-0.2, 0) is 14.4 Å². The number of likely N-dealkylation sites (tertiary alicyclic amines) is 1. The van der Waals surface area contributed by atoms with Gasteiger partial charge in [0.15, 0.2) is 0 Å². The fraction of sp³-hybridized carbons (Fsp3) is 0.655. The van der Waals surface area contributed by atoms with Crippen molar-refractivity contribution in [2.24, 2.45) is 11.8 Å². The predicted octanol–water partition coefficient (Wildman–Crippen LogP) is 2.18. The maximum absolute atomic E-state index is 13.0. The van der Waals surface area contributed by atoms with Gasteiger partial charge < -0.3 is 25.8 Å². The van der Waals surface area contributed by atoms with E-state index in [1.165, 1.54) is 4.90 Å². The first-order valence-corrected chi connectivity index (χ1v) is 14.1. The van der Waals surface area contributed by atoms with Gasteiger partial charge >= 0.3 is 0 Å². The highest BCUT2D eigenvalue weighted by Crippen LogP contribution is 2.30. The highest BCUT2D eigenvalue weighted by molar-refractivity contribution is 5.94. The molecule has 210 valence electrons. The first-order chi connectivity index (χ1) is 18.2. The molecule has 1 aromatic carbocycles. The lowest BCUT2D eigenvalue weighted by Crippen LogP contribution is -2.48. The summed E-state index contributed by atoms with van der Waals surface area (Å²) < 4.78 is 0. The zero-order valence-electron chi connectivity index (χ0n) is 23.2. The number of carbonyl (C=O) groups is 4. The first kappa shape index (κ1) is 29.6. The Balaban J connectivity index is 1.53.